The summed E-state index contributed by atoms with van der Waals surface area (Å²) in [6.07, 6.45) is 0.648. The van der Waals surface area contributed by atoms with Gasteiger partial charge in [0.1, 0.15) is 17.2 Å². The zero-order valence-corrected chi connectivity index (χ0v) is 20.4. The molecular formula is C25H31N3O6. The maximum absolute atomic E-state index is 13.2. The number of ether oxygens (including phenoxy) is 2. The average molecular weight is 470 g/mol. The van der Waals surface area contributed by atoms with E-state index in [2.05, 4.69) is 4.98 Å². The molecule has 1 aromatic heterocycles. The molecule has 0 aliphatic carbocycles. The van der Waals surface area contributed by atoms with Gasteiger partial charge in [0, 0.05) is 17.8 Å². The first-order chi connectivity index (χ1) is 16.1. The molecule has 0 spiro atoms. The van der Waals surface area contributed by atoms with E-state index in [9.17, 15) is 19.5 Å². The molecule has 1 aliphatic rings. The lowest BCUT2D eigenvalue weighted by molar-refractivity contribution is -0.139. The average Bonchev–Trinajstić information content (AvgIpc) is 3.25. The number of amides is 1. The quantitative estimate of drug-likeness (QED) is 0.265. The van der Waals surface area contributed by atoms with E-state index < -0.39 is 23.7 Å². The number of carbonyl (C=O) groups is 3. The van der Waals surface area contributed by atoms with E-state index in [0.29, 0.717) is 41.1 Å². The summed E-state index contributed by atoms with van der Waals surface area (Å²) in [6, 6.07) is 6.29. The van der Waals surface area contributed by atoms with Gasteiger partial charge in [-0.15, -0.1) is 0 Å². The van der Waals surface area contributed by atoms with Crippen LogP contribution in [0.1, 0.15) is 45.3 Å². The van der Waals surface area contributed by atoms with Gasteiger partial charge in [-0.25, -0.2) is 4.79 Å². The summed E-state index contributed by atoms with van der Waals surface area (Å²) in [5.74, 6) is -1.80. The van der Waals surface area contributed by atoms with Crippen LogP contribution in [-0.4, -0.2) is 79.0 Å². The van der Waals surface area contributed by atoms with E-state index in [0.717, 1.165) is 6.54 Å². The molecule has 1 saturated heterocycles. The van der Waals surface area contributed by atoms with Crippen molar-refractivity contribution in [2.24, 2.45) is 0 Å². The number of aliphatic hydroxyl groups is 1. The third kappa shape index (κ3) is 4.56. The lowest BCUT2D eigenvalue weighted by atomic mass is 9.94. The molecule has 2 N–H and O–H groups in total. The molecule has 1 fully saturated rings. The zero-order valence-electron chi connectivity index (χ0n) is 20.4. The Morgan fingerprint density at radius 3 is 2.53 bits per heavy atom. The van der Waals surface area contributed by atoms with Crippen LogP contribution in [0.5, 0.6) is 5.75 Å². The van der Waals surface area contributed by atoms with Crippen LogP contribution in [0.15, 0.2) is 29.8 Å². The van der Waals surface area contributed by atoms with Crippen molar-refractivity contribution in [1.82, 2.24) is 14.8 Å². The minimum absolute atomic E-state index is 0.0234. The zero-order chi connectivity index (χ0) is 25.2. The minimum atomic E-state index is -0.799. The third-order valence-corrected chi connectivity index (χ3v) is 6.02. The number of aryl methyl sites for hydroxylation is 1. The fourth-order valence-electron chi connectivity index (χ4n) is 4.37. The predicted octanol–water partition coefficient (Wildman–Crippen LogP) is 2.80. The fraction of sp³-hybridized carbons (Fsp3) is 0.400. The standard InChI is InChI=1S/C25H31N3O6/c1-14-18(15(2)26-20(14)25(32)34-6)22(29)19-21(16-9-7-10-17(13-16)33-5)28(24(31)23(19)30)12-8-11-27(3)4/h7,9-10,13,21,26,29H,8,11-12H2,1-6H3/b22-19+/t21-/m1/s1. The Hall–Kier alpha value is -3.59. The smallest absolute Gasteiger partial charge is 0.354 e. The lowest BCUT2D eigenvalue weighted by Gasteiger charge is -2.26. The summed E-state index contributed by atoms with van der Waals surface area (Å²) in [5.41, 5.74) is 2.02. The number of nitrogens with one attached hydrogen (secondary N) is 1. The second-order valence-electron chi connectivity index (χ2n) is 8.54. The Kier molecular flexibility index (Phi) is 7.46. The number of likely N-dealkylation sites (tertiary alicyclic amines) is 1. The maximum Gasteiger partial charge on any atom is 0.354 e. The van der Waals surface area contributed by atoms with Gasteiger partial charge in [-0.1, -0.05) is 12.1 Å². The summed E-state index contributed by atoms with van der Waals surface area (Å²) < 4.78 is 10.2. The van der Waals surface area contributed by atoms with E-state index in [4.69, 9.17) is 9.47 Å². The van der Waals surface area contributed by atoms with Gasteiger partial charge in [-0.2, -0.15) is 0 Å². The highest BCUT2D eigenvalue weighted by atomic mass is 16.5. The topological polar surface area (TPSA) is 112 Å². The van der Waals surface area contributed by atoms with Crippen LogP contribution < -0.4 is 4.74 Å². The van der Waals surface area contributed by atoms with Gasteiger partial charge < -0.3 is 29.4 Å². The van der Waals surface area contributed by atoms with Crippen LogP contribution in [0.3, 0.4) is 0 Å². The molecule has 0 saturated carbocycles. The summed E-state index contributed by atoms with van der Waals surface area (Å²) >= 11 is 0. The number of benzene rings is 1. The Morgan fingerprint density at radius 2 is 1.91 bits per heavy atom. The molecule has 182 valence electrons. The molecule has 2 aromatic rings. The van der Waals surface area contributed by atoms with Crippen molar-refractivity contribution in [1.29, 1.82) is 0 Å². The highest BCUT2D eigenvalue weighted by Gasteiger charge is 2.46. The molecule has 2 heterocycles. The van der Waals surface area contributed by atoms with Crippen molar-refractivity contribution in [3.05, 3.63) is 57.9 Å². The SMILES string of the molecule is COC(=O)c1[nH]c(C)c(/C(O)=C2\C(=O)C(=O)N(CCCN(C)C)[C@@H]2c2cccc(OC)c2)c1C. The molecule has 34 heavy (non-hydrogen) atoms. The predicted molar refractivity (Wildman–Crippen MR) is 127 cm³/mol. The number of methoxy groups -OCH3 is 2. The molecule has 0 bridgehead atoms. The molecule has 1 atom stereocenters. The Labute approximate surface area is 199 Å². The molecule has 3 rings (SSSR count). The van der Waals surface area contributed by atoms with E-state index >= 15 is 0 Å². The lowest BCUT2D eigenvalue weighted by Crippen LogP contribution is -2.32. The molecule has 9 heteroatoms. The summed E-state index contributed by atoms with van der Waals surface area (Å²) in [6.45, 7) is 4.40. The molecule has 1 amide bonds. The van der Waals surface area contributed by atoms with Crippen LogP contribution in [0.25, 0.3) is 5.76 Å². The first-order valence-corrected chi connectivity index (χ1v) is 11.0. The number of aliphatic hydroxyl groups excluding tert-OH is 1. The van der Waals surface area contributed by atoms with Crippen LogP contribution in [0.4, 0.5) is 0 Å². The number of rotatable bonds is 8. The summed E-state index contributed by atoms with van der Waals surface area (Å²) in [7, 11) is 6.67. The molecule has 0 unspecified atom stereocenters. The van der Waals surface area contributed by atoms with Gasteiger partial charge in [0.15, 0.2) is 0 Å². The van der Waals surface area contributed by atoms with Crippen molar-refractivity contribution in [3.8, 4) is 5.75 Å². The van der Waals surface area contributed by atoms with Crippen molar-refractivity contribution < 1.29 is 29.0 Å². The number of H-pyrrole nitrogens is 1. The van der Waals surface area contributed by atoms with Crippen molar-refractivity contribution in [2.45, 2.75) is 26.3 Å². The van der Waals surface area contributed by atoms with Crippen LogP contribution in [0.2, 0.25) is 0 Å². The normalized spacial score (nSPS) is 17.5. The molecule has 1 aromatic carbocycles. The van der Waals surface area contributed by atoms with E-state index in [1.807, 2.05) is 19.0 Å². The first kappa shape index (κ1) is 25.0. The van der Waals surface area contributed by atoms with Gasteiger partial charge in [0.05, 0.1) is 25.8 Å². The van der Waals surface area contributed by atoms with Gasteiger partial charge in [-0.05, 0) is 64.2 Å². The second-order valence-corrected chi connectivity index (χ2v) is 8.54. The fourth-order valence-corrected chi connectivity index (χ4v) is 4.37. The number of hydrogen-bond acceptors (Lipinski definition) is 7. The first-order valence-electron chi connectivity index (χ1n) is 11.0. The van der Waals surface area contributed by atoms with E-state index in [1.54, 1.807) is 38.1 Å². The van der Waals surface area contributed by atoms with Gasteiger partial charge >= 0.3 is 5.97 Å². The third-order valence-electron chi connectivity index (χ3n) is 6.02. The highest BCUT2D eigenvalue weighted by Crippen LogP contribution is 2.41. The van der Waals surface area contributed by atoms with Gasteiger partial charge in [-0.3, -0.25) is 9.59 Å². The van der Waals surface area contributed by atoms with Crippen LogP contribution in [0, 0.1) is 13.8 Å². The monoisotopic (exact) mass is 469 g/mol. The van der Waals surface area contributed by atoms with Gasteiger partial charge in [0.2, 0.25) is 0 Å². The largest absolute Gasteiger partial charge is 0.507 e. The van der Waals surface area contributed by atoms with Crippen molar-refractivity contribution >= 4 is 23.4 Å². The molecule has 1 aliphatic heterocycles. The number of nitrogens with zero attached hydrogens (tertiary/aromatic N) is 2. The van der Waals surface area contributed by atoms with Crippen LogP contribution in [-0.2, 0) is 14.3 Å². The molecule has 9 nitrogen and oxygen atoms in total. The number of aromatic amines is 1. The van der Waals surface area contributed by atoms with Crippen molar-refractivity contribution in [2.75, 3.05) is 41.4 Å². The number of carbonyl (C=O) groups excluding carboxylic acids is 3. The number of Topliss-reactive ketones (excluding diaryl/α,β-unsaturated/α-hetero) is 1. The van der Waals surface area contributed by atoms with Gasteiger partial charge in [0.25, 0.3) is 11.7 Å². The van der Waals surface area contributed by atoms with Crippen molar-refractivity contribution in [3.63, 3.8) is 0 Å². The number of ketones is 1. The Balaban J connectivity index is 2.19. The highest BCUT2D eigenvalue weighted by molar-refractivity contribution is 6.46. The van der Waals surface area contributed by atoms with E-state index in [1.165, 1.54) is 19.1 Å². The molecular weight excluding hydrogens is 438 g/mol. The summed E-state index contributed by atoms with van der Waals surface area (Å²) in [4.78, 5) is 44.9. The minimum Gasteiger partial charge on any atom is -0.507 e. The number of hydrogen-bond donors (Lipinski definition) is 2. The molecule has 0 radical (unpaired) electrons. The second kappa shape index (κ2) is 10.1. The number of esters is 1. The van der Waals surface area contributed by atoms with E-state index in [-0.39, 0.29) is 17.0 Å². The maximum atomic E-state index is 13.2. The summed E-state index contributed by atoms with van der Waals surface area (Å²) in [5, 5.41) is 11.4. The Morgan fingerprint density at radius 1 is 1.21 bits per heavy atom. The Bertz CT molecular complexity index is 1150. The van der Waals surface area contributed by atoms with Crippen LogP contribution >= 0.6 is 0 Å². The number of aromatic nitrogens is 1.